The van der Waals surface area contributed by atoms with Crippen LogP contribution in [0.2, 0.25) is 0 Å². The Bertz CT molecular complexity index is 1310. The number of aliphatic hydroxyl groups is 1. The van der Waals surface area contributed by atoms with Crippen molar-refractivity contribution in [3.8, 4) is 11.8 Å². The van der Waals surface area contributed by atoms with E-state index in [9.17, 15) is 10.4 Å². The minimum Gasteiger partial charge on any atom is -0.464 e. The second-order valence-electron chi connectivity index (χ2n) is 9.43. The predicted octanol–water partition coefficient (Wildman–Crippen LogP) is 2.45. The molecule has 194 valence electrons. The number of aliphatic hydroxyl groups excluding tert-OH is 1. The number of amidine groups is 1. The highest BCUT2D eigenvalue weighted by molar-refractivity contribution is 5.95. The van der Waals surface area contributed by atoms with Crippen LogP contribution in [-0.4, -0.2) is 71.4 Å². The molecule has 0 aliphatic carbocycles. The first-order valence-corrected chi connectivity index (χ1v) is 12.6. The molecule has 4 atom stereocenters. The second kappa shape index (κ2) is 10.8. The lowest BCUT2D eigenvalue weighted by Gasteiger charge is -2.29. The summed E-state index contributed by atoms with van der Waals surface area (Å²) in [6, 6.07) is 7.26. The summed E-state index contributed by atoms with van der Waals surface area (Å²) in [6.45, 7) is 7.45. The average molecular weight is 507 g/mol. The van der Waals surface area contributed by atoms with Gasteiger partial charge in [0.05, 0.1) is 11.6 Å². The van der Waals surface area contributed by atoms with E-state index in [1.807, 2.05) is 12.3 Å². The molecule has 10 nitrogen and oxygen atoms in total. The van der Waals surface area contributed by atoms with Gasteiger partial charge in [-0.25, -0.2) is 19.4 Å². The van der Waals surface area contributed by atoms with Crippen LogP contribution in [0.4, 0.5) is 4.39 Å². The number of nitrogens with one attached hydrogen (secondary N) is 2. The Labute approximate surface area is 214 Å². The second-order valence-corrected chi connectivity index (χ2v) is 9.43. The monoisotopic (exact) mass is 506 g/mol. The minimum atomic E-state index is -0.984. The van der Waals surface area contributed by atoms with Crippen molar-refractivity contribution in [2.24, 2.45) is 20.9 Å². The van der Waals surface area contributed by atoms with Gasteiger partial charge in [-0.2, -0.15) is 5.26 Å². The van der Waals surface area contributed by atoms with Gasteiger partial charge in [0.15, 0.2) is 17.5 Å². The number of ether oxygens (including phenoxy) is 1. The molecule has 3 N–H and O–H groups in total. The summed E-state index contributed by atoms with van der Waals surface area (Å²) in [4.78, 5) is 15.4. The van der Waals surface area contributed by atoms with Gasteiger partial charge in [-0.3, -0.25) is 4.90 Å². The molecular weight excluding hydrogens is 475 g/mol. The van der Waals surface area contributed by atoms with Crippen LogP contribution in [0, 0.1) is 30.0 Å². The van der Waals surface area contributed by atoms with Crippen LogP contribution in [0.5, 0.6) is 5.75 Å². The Morgan fingerprint density at radius 3 is 2.95 bits per heavy atom. The smallest absolute Gasteiger partial charge is 0.214 e. The molecular formula is C26H31FN8O2. The molecule has 0 saturated carbocycles. The lowest BCUT2D eigenvalue weighted by molar-refractivity contribution is 0.127. The zero-order chi connectivity index (χ0) is 25.9. The summed E-state index contributed by atoms with van der Waals surface area (Å²) in [7, 11) is 0. The van der Waals surface area contributed by atoms with E-state index < -0.39 is 24.2 Å². The third-order valence-electron chi connectivity index (χ3n) is 6.90. The maximum atomic E-state index is 15.4. The van der Waals surface area contributed by atoms with E-state index in [0.717, 1.165) is 44.7 Å². The number of aryl methyl sites for hydroxylation is 1. The zero-order valence-corrected chi connectivity index (χ0v) is 20.9. The van der Waals surface area contributed by atoms with Crippen molar-refractivity contribution in [2.75, 3.05) is 26.2 Å². The number of hydrogen-bond donors (Lipinski definition) is 3. The van der Waals surface area contributed by atoms with Crippen molar-refractivity contribution in [2.45, 2.75) is 45.2 Å². The Morgan fingerprint density at radius 1 is 1.32 bits per heavy atom. The van der Waals surface area contributed by atoms with Gasteiger partial charge in [-0.1, -0.05) is 0 Å². The topological polar surface area (TPSA) is 123 Å². The van der Waals surface area contributed by atoms with Gasteiger partial charge in [-0.05, 0) is 57.5 Å². The number of halogens is 1. The van der Waals surface area contributed by atoms with Crippen LogP contribution in [0.25, 0.3) is 10.9 Å². The lowest BCUT2D eigenvalue weighted by Crippen LogP contribution is -2.42. The third-order valence-corrected chi connectivity index (χ3v) is 6.90. The van der Waals surface area contributed by atoms with Gasteiger partial charge in [-0.15, -0.1) is 0 Å². The number of aliphatic imine (C=N–C) groups is 3. The van der Waals surface area contributed by atoms with Crippen molar-refractivity contribution >= 4 is 29.3 Å². The number of fused-ring (bicyclic) bond motifs is 1. The van der Waals surface area contributed by atoms with E-state index in [0.29, 0.717) is 22.6 Å². The molecule has 0 radical (unpaired) electrons. The summed E-state index contributed by atoms with van der Waals surface area (Å²) >= 11 is 0. The van der Waals surface area contributed by atoms with Crippen LogP contribution in [0.15, 0.2) is 45.1 Å². The molecule has 0 bridgehead atoms. The van der Waals surface area contributed by atoms with Gasteiger partial charge >= 0.3 is 0 Å². The predicted molar refractivity (Wildman–Crippen MR) is 140 cm³/mol. The molecule has 37 heavy (non-hydrogen) atoms. The normalized spacial score (nSPS) is 25.2. The van der Waals surface area contributed by atoms with Crippen molar-refractivity contribution < 1.29 is 14.2 Å². The van der Waals surface area contributed by atoms with Gasteiger partial charge in [0.2, 0.25) is 6.23 Å². The number of nitrogens with zero attached hydrogens (tertiary/aromatic N) is 6. The van der Waals surface area contributed by atoms with E-state index >= 15 is 4.39 Å². The molecule has 3 aliphatic rings. The lowest BCUT2D eigenvalue weighted by atomic mass is 10.1. The summed E-state index contributed by atoms with van der Waals surface area (Å²) in [5.74, 6) is -0.517. The highest BCUT2D eigenvalue weighted by Crippen LogP contribution is 2.32. The molecule has 11 heteroatoms. The number of benzene rings is 1. The SMILES string of the molecule is Cc1cc2c(F)c(OC3N=CN=C(NC4=CC[C@@H](N5CCCNCC5)C=N4)C3C#N)ccc2n1C(C)O. The van der Waals surface area contributed by atoms with Crippen molar-refractivity contribution in [3.05, 3.63) is 41.6 Å². The van der Waals surface area contributed by atoms with Crippen LogP contribution in [0.1, 0.15) is 31.7 Å². The summed E-state index contributed by atoms with van der Waals surface area (Å²) in [5, 5.41) is 26.8. The van der Waals surface area contributed by atoms with Crippen LogP contribution in [-0.2, 0) is 0 Å². The van der Waals surface area contributed by atoms with Gasteiger partial charge in [0, 0.05) is 43.0 Å². The largest absolute Gasteiger partial charge is 0.464 e. The maximum Gasteiger partial charge on any atom is 0.214 e. The molecule has 1 fully saturated rings. The summed E-state index contributed by atoms with van der Waals surface area (Å²) in [6.07, 6.45) is 5.39. The summed E-state index contributed by atoms with van der Waals surface area (Å²) < 4.78 is 22.9. The van der Waals surface area contributed by atoms with Gasteiger partial charge in [0.1, 0.15) is 24.2 Å². The molecule has 1 saturated heterocycles. The molecule has 1 aromatic carbocycles. The fourth-order valence-electron chi connectivity index (χ4n) is 5.06. The number of rotatable bonds is 5. The van der Waals surface area contributed by atoms with Crippen LogP contribution in [0.3, 0.4) is 0 Å². The van der Waals surface area contributed by atoms with E-state index in [4.69, 9.17) is 4.74 Å². The van der Waals surface area contributed by atoms with E-state index in [2.05, 4.69) is 36.6 Å². The van der Waals surface area contributed by atoms with Gasteiger partial charge < -0.3 is 25.0 Å². The molecule has 2 aromatic rings. The molecule has 0 amide bonds. The Balaban J connectivity index is 1.28. The molecule has 3 unspecified atom stereocenters. The van der Waals surface area contributed by atoms with Crippen molar-refractivity contribution in [1.82, 2.24) is 20.1 Å². The quantitative estimate of drug-likeness (QED) is 0.573. The Morgan fingerprint density at radius 2 is 2.19 bits per heavy atom. The molecule has 0 spiro atoms. The number of nitriles is 1. The van der Waals surface area contributed by atoms with Crippen LogP contribution < -0.4 is 15.4 Å². The summed E-state index contributed by atoms with van der Waals surface area (Å²) in [5.41, 5.74) is 1.28. The fraction of sp³-hybridized carbons (Fsp3) is 0.462. The first-order chi connectivity index (χ1) is 18.0. The van der Waals surface area contributed by atoms with Crippen molar-refractivity contribution in [1.29, 1.82) is 5.26 Å². The fourth-order valence-corrected chi connectivity index (χ4v) is 5.06. The first-order valence-electron chi connectivity index (χ1n) is 12.6. The van der Waals surface area contributed by atoms with Crippen LogP contribution >= 0.6 is 0 Å². The van der Waals surface area contributed by atoms with E-state index in [1.165, 1.54) is 12.4 Å². The average Bonchev–Trinajstić information content (AvgIpc) is 3.04. The Kier molecular flexibility index (Phi) is 7.32. The van der Waals surface area contributed by atoms with E-state index in [1.54, 1.807) is 30.5 Å². The Hall–Kier alpha value is -3.59. The zero-order valence-electron chi connectivity index (χ0n) is 20.9. The molecule has 3 aliphatic heterocycles. The molecule has 1 aromatic heterocycles. The van der Waals surface area contributed by atoms with Gasteiger partial charge in [0.25, 0.3) is 0 Å². The highest BCUT2D eigenvalue weighted by Gasteiger charge is 2.32. The number of aromatic nitrogens is 1. The molecule has 5 rings (SSSR count). The highest BCUT2D eigenvalue weighted by atomic mass is 19.1. The number of hydrogen-bond acceptors (Lipinski definition) is 9. The first kappa shape index (κ1) is 25.1. The maximum absolute atomic E-state index is 15.4. The molecule has 4 heterocycles. The van der Waals surface area contributed by atoms with Crippen molar-refractivity contribution in [3.63, 3.8) is 0 Å². The standard InChI is InChI=1S/C26H31FN8O2/c1-16-12-19-21(35(16)17(2)36)5-6-22(24(19)27)37-26-20(13-28)25(31-15-32-26)33-23-7-4-18(14-30-23)34-10-3-8-29-9-11-34/h5-7,12,14-15,17-18,20,26,29,36H,3-4,8-11H2,1-2H3,(H,31,32,33)/t17?,18-,20?,26?/m1/s1. The minimum absolute atomic E-state index is 0.0245. The third kappa shape index (κ3) is 5.13. The van der Waals surface area contributed by atoms with E-state index in [-0.39, 0.29) is 11.8 Å².